The maximum Gasteiger partial charge on any atom is 0.245 e. The van der Waals surface area contributed by atoms with Gasteiger partial charge in [-0.3, -0.25) is 14.5 Å². The third-order valence-electron chi connectivity index (χ3n) is 6.22. The summed E-state index contributed by atoms with van der Waals surface area (Å²) < 4.78 is 0. The Morgan fingerprint density at radius 3 is 2.39 bits per heavy atom. The van der Waals surface area contributed by atoms with Gasteiger partial charge in [-0.05, 0) is 48.7 Å². The first kappa shape index (κ1) is 16.9. The number of carbonyl (C=O) groups excluding carboxylic acids is 2. The number of amides is 2. The monoisotopic (exact) mass is 370 g/mol. The third kappa shape index (κ3) is 2.15. The molecule has 0 bridgehead atoms. The average Bonchev–Trinajstić information content (AvgIpc) is 3.13. The van der Waals surface area contributed by atoms with E-state index in [9.17, 15) is 14.9 Å². The lowest BCUT2D eigenvalue weighted by Gasteiger charge is -2.29. The lowest BCUT2D eigenvalue weighted by atomic mass is 9.85. The smallest absolute Gasteiger partial charge is 0.245 e. The van der Waals surface area contributed by atoms with Crippen LogP contribution in [0.1, 0.15) is 28.3 Å². The Bertz CT molecular complexity index is 1080. The van der Waals surface area contributed by atoms with Crippen molar-refractivity contribution in [1.29, 1.82) is 5.26 Å². The van der Waals surface area contributed by atoms with Crippen LogP contribution in [0.25, 0.3) is 6.08 Å². The maximum atomic E-state index is 13.5. The maximum absolute atomic E-state index is 13.5. The SMILES string of the molecule is Cc1cc(C)cc(N2C(=O)[C@@H]3[C@H](C2=O)[C@@H]2c4ccccc4C=C[NH+]2[C@@H]3C#N)c1. The molecule has 0 spiro atoms. The molecule has 0 saturated carbocycles. The fourth-order valence-electron chi connectivity index (χ4n) is 5.22. The molecule has 5 heteroatoms. The zero-order valence-corrected chi connectivity index (χ0v) is 15.7. The number of aryl methyl sites for hydroxylation is 2. The molecular weight excluding hydrogens is 350 g/mol. The molecule has 2 aromatic carbocycles. The Morgan fingerprint density at radius 1 is 1.00 bits per heavy atom. The number of imide groups is 1. The van der Waals surface area contributed by atoms with Crippen molar-refractivity contribution in [3.05, 3.63) is 70.9 Å². The molecule has 2 saturated heterocycles. The molecule has 3 heterocycles. The number of hydrogen-bond donors (Lipinski definition) is 1. The predicted octanol–water partition coefficient (Wildman–Crippen LogP) is 1.93. The number of fused-ring (bicyclic) bond motifs is 5. The molecule has 0 aliphatic carbocycles. The van der Waals surface area contributed by atoms with Crippen LogP contribution in [0.3, 0.4) is 0 Å². The van der Waals surface area contributed by atoms with Gasteiger partial charge in [0.25, 0.3) is 0 Å². The molecule has 2 fully saturated rings. The first-order valence-corrected chi connectivity index (χ1v) is 9.50. The number of hydrogen-bond acceptors (Lipinski definition) is 3. The minimum Gasteiger partial charge on any atom is -0.287 e. The Kier molecular flexibility index (Phi) is 3.55. The Labute approximate surface area is 163 Å². The molecule has 2 aromatic rings. The van der Waals surface area contributed by atoms with Gasteiger partial charge in [-0.1, -0.05) is 30.3 Å². The van der Waals surface area contributed by atoms with Crippen molar-refractivity contribution in [3.8, 4) is 6.07 Å². The van der Waals surface area contributed by atoms with E-state index in [-0.39, 0.29) is 17.9 Å². The first-order valence-electron chi connectivity index (χ1n) is 9.50. The van der Waals surface area contributed by atoms with Crippen LogP contribution in [0.4, 0.5) is 5.69 Å². The van der Waals surface area contributed by atoms with Gasteiger partial charge in [0.05, 0.1) is 11.9 Å². The van der Waals surface area contributed by atoms with Crippen LogP contribution in [-0.2, 0) is 9.59 Å². The quantitative estimate of drug-likeness (QED) is 0.780. The van der Waals surface area contributed by atoms with Gasteiger partial charge in [-0.15, -0.1) is 0 Å². The highest BCUT2D eigenvalue weighted by atomic mass is 16.2. The largest absolute Gasteiger partial charge is 0.287 e. The van der Waals surface area contributed by atoms with Crippen molar-refractivity contribution in [2.24, 2.45) is 11.8 Å². The summed E-state index contributed by atoms with van der Waals surface area (Å²) in [6.07, 6.45) is 3.93. The number of benzene rings is 2. The van der Waals surface area contributed by atoms with Crippen molar-refractivity contribution >= 4 is 23.6 Å². The highest BCUT2D eigenvalue weighted by molar-refractivity contribution is 6.22. The summed E-state index contributed by atoms with van der Waals surface area (Å²) in [5.41, 5.74) is 4.71. The fourth-order valence-corrected chi connectivity index (χ4v) is 5.22. The van der Waals surface area contributed by atoms with Gasteiger partial charge in [-0.2, -0.15) is 5.26 Å². The Morgan fingerprint density at radius 2 is 1.68 bits per heavy atom. The highest BCUT2D eigenvalue weighted by Gasteiger charge is 2.66. The van der Waals surface area contributed by atoms with Crippen LogP contribution < -0.4 is 9.80 Å². The highest BCUT2D eigenvalue weighted by Crippen LogP contribution is 2.44. The zero-order chi connectivity index (χ0) is 19.6. The van der Waals surface area contributed by atoms with Crippen molar-refractivity contribution in [2.75, 3.05) is 4.90 Å². The second kappa shape index (κ2) is 5.88. The number of quaternary nitrogens is 1. The zero-order valence-electron chi connectivity index (χ0n) is 15.7. The molecule has 1 N–H and O–H groups in total. The standard InChI is InChI=1S/C23H19N3O2/c1-13-9-14(2)11-16(10-13)26-22(27)19-18(12-24)25-8-7-15-5-3-4-6-17(15)21(25)20(19)23(26)28/h3-11,18-21H,1-2H3/p+1/t18-,19+,20+,21+/m1/s1. The van der Waals surface area contributed by atoms with Crippen LogP contribution in [0.2, 0.25) is 0 Å². The number of carbonyl (C=O) groups is 2. The van der Waals surface area contributed by atoms with Crippen LogP contribution in [-0.4, -0.2) is 17.9 Å². The van der Waals surface area contributed by atoms with E-state index in [2.05, 4.69) is 6.07 Å². The molecule has 1 unspecified atom stereocenters. The topological polar surface area (TPSA) is 65.6 Å². The number of nitriles is 1. The second-order valence-corrected chi connectivity index (χ2v) is 7.96. The number of rotatable bonds is 1. The molecular formula is C23H20N3O2+. The van der Waals surface area contributed by atoms with Crippen molar-refractivity contribution in [2.45, 2.75) is 25.9 Å². The number of anilines is 1. The lowest BCUT2D eigenvalue weighted by Crippen LogP contribution is -3.10. The molecule has 2 amide bonds. The summed E-state index contributed by atoms with van der Waals surface area (Å²) in [6.45, 7) is 3.91. The third-order valence-corrected chi connectivity index (χ3v) is 6.22. The molecule has 5 atom stereocenters. The van der Waals surface area contributed by atoms with E-state index in [1.807, 2.05) is 68.6 Å². The van der Waals surface area contributed by atoms with Crippen LogP contribution in [0, 0.1) is 37.0 Å². The van der Waals surface area contributed by atoms with Crippen LogP contribution >= 0.6 is 0 Å². The van der Waals surface area contributed by atoms with Gasteiger partial charge >= 0.3 is 0 Å². The molecule has 0 aromatic heterocycles. The fraction of sp³-hybridized carbons (Fsp3) is 0.261. The minimum absolute atomic E-state index is 0.189. The Hall–Kier alpha value is -3.23. The summed E-state index contributed by atoms with van der Waals surface area (Å²) in [4.78, 5) is 29.1. The van der Waals surface area contributed by atoms with E-state index in [0.29, 0.717) is 5.69 Å². The van der Waals surface area contributed by atoms with Gasteiger partial charge in [0, 0.05) is 5.56 Å². The van der Waals surface area contributed by atoms with E-state index in [1.54, 1.807) is 0 Å². The molecule has 3 aliphatic heterocycles. The summed E-state index contributed by atoms with van der Waals surface area (Å²) in [6, 6.07) is 15.2. The predicted molar refractivity (Wildman–Crippen MR) is 104 cm³/mol. The van der Waals surface area contributed by atoms with Crippen LogP contribution in [0.15, 0.2) is 48.7 Å². The molecule has 138 valence electrons. The van der Waals surface area contributed by atoms with Gasteiger partial charge in [-0.25, -0.2) is 4.90 Å². The first-order chi connectivity index (χ1) is 13.5. The lowest BCUT2D eigenvalue weighted by molar-refractivity contribution is -0.885. The van der Waals surface area contributed by atoms with Crippen molar-refractivity contribution < 1.29 is 14.5 Å². The molecule has 28 heavy (non-hydrogen) atoms. The molecule has 0 radical (unpaired) electrons. The van der Waals surface area contributed by atoms with Gasteiger partial charge in [0.1, 0.15) is 23.9 Å². The second-order valence-electron chi connectivity index (χ2n) is 7.96. The summed E-state index contributed by atoms with van der Waals surface area (Å²) in [5, 5.41) is 9.86. The summed E-state index contributed by atoms with van der Waals surface area (Å²) in [5.74, 6) is -1.57. The van der Waals surface area contributed by atoms with Crippen molar-refractivity contribution in [3.63, 3.8) is 0 Å². The molecule has 3 aliphatic rings. The normalized spacial score (nSPS) is 30.0. The molecule has 5 nitrogen and oxygen atoms in total. The average molecular weight is 370 g/mol. The van der Waals surface area contributed by atoms with E-state index < -0.39 is 17.9 Å². The summed E-state index contributed by atoms with van der Waals surface area (Å²) >= 11 is 0. The summed E-state index contributed by atoms with van der Waals surface area (Å²) in [7, 11) is 0. The van der Waals surface area contributed by atoms with E-state index in [4.69, 9.17) is 0 Å². The van der Waals surface area contributed by atoms with Gasteiger partial charge in [0.2, 0.25) is 11.8 Å². The number of nitrogens with zero attached hydrogens (tertiary/aromatic N) is 2. The van der Waals surface area contributed by atoms with E-state index in [0.717, 1.165) is 27.2 Å². The minimum atomic E-state index is -0.617. The molecule has 5 rings (SSSR count). The van der Waals surface area contributed by atoms with Crippen molar-refractivity contribution in [1.82, 2.24) is 0 Å². The Balaban J connectivity index is 1.65. The van der Waals surface area contributed by atoms with Gasteiger partial charge in [0.15, 0.2) is 6.04 Å². The van der Waals surface area contributed by atoms with Crippen LogP contribution in [0.5, 0.6) is 0 Å². The van der Waals surface area contributed by atoms with E-state index in [1.165, 1.54) is 4.90 Å². The van der Waals surface area contributed by atoms with Gasteiger partial charge < -0.3 is 0 Å². The number of nitrogens with one attached hydrogen (secondary N) is 1. The van der Waals surface area contributed by atoms with E-state index >= 15 is 0 Å².